The molecule has 0 bridgehead atoms. The van der Waals surface area contributed by atoms with E-state index in [0.29, 0.717) is 16.9 Å². The number of aryl methyl sites for hydroxylation is 2. The minimum absolute atomic E-state index is 0.0766. The van der Waals surface area contributed by atoms with E-state index >= 15 is 0 Å². The molecule has 0 aromatic heterocycles. The van der Waals surface area contributed by atoms with Crippen molar-refractivity contribution in [2.75, 3.05) is 10.6 Å². The number of rotatable bonds is 3. The highest BCUT2D eigenvalue weighted by molar-refractivity contribution is 7.92. The second kappa shape index (κ2) is 7.04. The number of ketones is 1. The number of hydrogen-bond acceptors (Lipinski definition) is 3. The third kappa shape index (κ3) is 2.96. The first kappa shape index (κ1) is 20.5. The van der Waals surface area contributed by atoms with Gasteiger partial charge in [0.2, 0.25) is 10.0 Å². The summed E-state index contributed by atoms with van der Waals surface area (Å²) in [6.45, 7) is 3.91. The average Bonchev–Trinajstić information content (AvgIpc) is 3.04. The van der Waals surface area contributed by atoms with E-state index < -0.39 is 15.4 Å². The second-order valence-corrected chi connectivity index (χ2v) is 10.4. The largest absolute Gasteiger partial charge is 0.289 e. The van der Waals surface area contributed by atoms with Gasteiger partial charge < -0.3 is 0 Å². The van der Waals surface area contributed by atoms with Crippen LogP contribution in [0.5, 0.6) is 0 Å². The highest BCUT2D eigenvalue weighted by atomic mass is 32.2. The molecule has 0 heterocycles. The molecule has 3 aromatic carbocycles. The quantitative estimate of drug-likeness (QED) is 0.564. The minimum Gasteiger partial charge on any atom is -0.289 e. The molecule has 0 saturated carbocycles. The summed E-state index contributed by atoms with van der Waals surface area (Å²) >= 11 is 0. The number of benzene rings is 3. The molecule has 2 aliphatic rings. The Morgan fingerprint density at radius 3 is 2.16 bits per heavy atom. The standard InChI is InChI=1S/C27H23NO3S/c1-18-14-19(2)16-21(15-18)28(32(3,30)31)26-17-20-8-4-6-10-23(20)27(26)13-12-25(29)22-9-5-7-11-24(22)27/h4-17H,1-3H3/t27-/m0/s1. The van der Waals surface area contributed by atoms with Crippen LogP contribution in [-0.2, 0) is 15.4 Å². The van der Waals surface area contributed by atoms with Gasteiger partial charge in [0.25, 0.3) is 0 Å². The fraction of sp³-hybridized carbons (Fsp3) is 0.148. The van der Waals surface area contributed by atoms with E-state index in [1.54, 1.807) is 6.08 Å². The van der Waals surface area contributed by atoms with Crippen molar-refractivity contribution >= 4 is 27.6 Å². The highest BCUT2D eigenvalue weighted by Gasteiger charge is 2.49. The molecule has 0 saturated heterocycles. The molecule has 1 atom stereocenters. The third-order valence-electron chi connectivity index (χ3n) is 6.18. The smallest absolute Gasteiger partial charge is 0.236 e. The van der Waals surface area contributed by atoms with Crippen molar-refractivity contribution in [3.63, 3.8) is 0 Å². The number of nitrogens with zero attached hydrogens (tertiary/aromatic N) is 1. The molecule has 0 aliphatic heterocycles. The van der Waals surface area contributed by atoms with Gasteiger partial charge in [-0.25, -0.2) is 12.7 Å². The Morgan fingerprint density at radius 2 is 1.47 bits per heavy atom. The third-order valence-corrected chi connectivity index (χ3v) is 7.25. The zero-order valence-electron chi connectivity index (χ0n) is 18.2. The lowest BCUT2D eigenvalue weighted by Gasteiger charge is -2.39. The van der Waals surface area contributed by atoms with Crippen molar-refractivity contribution in [1.82, 2.24) is 0 Å². The molecule has 0 N–H and O–H groups in total. The lowest BCUT2D eigenvalue weighted by atomic mass is 9.69. The van der Waals surface area contributed by atoms with Crippen LogP contribution >= 0.6 is 0 Å². The summed E-state index contributed by atoms with van der Waals surface area (Å²) in [5.74, 6) is -0.0766. The predicted octanol–water partition coefficient (Wildman–Crippen LogP) is 5.16. The fourth-order valence-corrected chi connectivity index (χ4v) is 6.10. The number of fused-ring (bicyclic) bond motifs is 4. The molecule has 0 unspecified atom stereocenters. The Labute approximate surface area is 188 Å². The van der Waals surface area contributed by atoms with Gasteiger partial charge in [0, 0.05) is 5.56 Å². The molecule has 3 aromatic rings. The van der Waals surface area contributed by atoms with Crippen molar-refractivity contribution in [3.05, 3.63) is 118 Å². The Bertz CT molecular complexity index is 1430. The molecule has 5 heteroatoms. The summed E-state index contributed by atoms with van der Waals surface area (Å²) in [4.78, 5) is 12.7. The summed E-state index contributed by atoms with van der Waals surface area (Å²) in [7, 11) is -3.70. The summed E-state index contributed by atoms with van der Waals surface area (Å²) < 4.78 is 28.0. The van der Waals surface area contributed by atoms with Gasteiger partial charge in [-0.05, 0) is 65.9 Å². The van der Waals surface area contributed by atoms with Crippen LogP contribution in [0.2, 0.25) is 0 Å². The van der Waals surface area contributed by atoms with E-state index in [0.717, 1.165) is 27.8 Å². The summed E-state index contributed by atoms with van der Waals surface area (Å²) in [6, 6.07) is 21.1. The maximum Gasteiger partial charge on any atom is 0.236 e. The zero-order chi connectivity index (χ0) is 22.7. The molecule has 0 fully saturated rings. The Hall–Kier alpha value is -3.44. The monoisotopic (exact) mass is 441 g/mol. The fourth-order valence-electron chi connectivity index (χ4n) is 5.06. The van der Waals surface area contributed by atoms with Gasteiger partial charge in [0.15, 0.2) is 5.78 Å². The van der Waals surface area contributed by atoms with Gasteiger partial charge in [0.1, 0.15) is 0 Å². The van der Waals surface area contributed by atoms with Gasteiger partial charge >= 0.3 is 0 Å². The van der Waals surface area contributed by atoms with Gasteiger partial charge in [0.05, 0.1) is 23.1 Å². The average molecular weight is 442 g/mol. The maximum absolute atomic E-state index is 13.3. The normalized spacial score (nSPS) is 19.0. The van der Waals surface area contributed by atoms with Crippen LogP contribution in [0.3, 0.4) is 0 Å². The Kier molecular flexibility index (Phi) is 4.50. The molecule has 0 radical (unpaired) electrons. The van der Waals surface area contributed by atoms with Gasteiger partial charge in [-0.2, -0.15) is 0 Å². The number of hydrogen-bond donors (Lipinski definition) is 0. The van der Waals surface area contributed by atoms with E-state index in [2.05, 4.69) is 0 Å². The molecule has 5 rings (SSSR count). The highest BCUT2D eigenvalue weighted by Crippen LogP contribution is 2.53. The van der Waals surface area contributed by atoms with Crippen LogP contribution in [0.25, 0.3) is 6.08 Å². The number of sulfonamides is 1. The lowest BCUT2D eigenvalue weighted by Crippen LogP contribution is -2.41. The van der Waals surface area contributed by atoms with Crippen LogP contribution in [-0.4, -0.2) is 20.5 Å². The Balaban J connectivity index is 1.87. The first-order chi connectivity index (χ1) is 15.2. The van der Waals surface area contributed by atoms with E-state index in [1.165, 1.54) is 10.6 Å². The van der Waals surface area contributed by atoms with Crippen LogP contribution in [0.15, 0.2) is 84.6 Å². The van der Waals surface area contributed by atoms with Crippen molar-refractivity contribution in [2.45, 2.75) is 19.3 Å². The van der Waals surface area contributed by atoms with Crippen LogP contribution in [0.4, 0.5) is 5.69 Å². The summed E-state index contributed by atoms with van der Waals surface area (Å²) in [5.41, 5.74) is 5.55. The first-order valence-electron chi connectivity index (χ1n) is 10.5. The molecule has 4 nitrogen and oxygen atoms in total. The van der Waals surface area contributed by atoms with Crippen LogP contribution < -0.4 is 4.31 Å². The van der Waals surface area contributed by atoms with Gasteiger partial charge in [-0.15, -0.1) is 0 Å². The molecule has 2 aliphatic carbocycles. The second-order valence-electron chi connectivity index (χ2n) is 8.54. The van der Waals surface area contributed by atoms with Crippen molar-refractivity contribution in [3.8, 4) is 0 Å². The number of carbonyl (C=O) groups is 1. The van der Waals surface area contributed by atoms with E-state index in [9.17, 15) is 13.2 Å². The number of anilines is 1. The first-order valence-corrected chi connectivity index (χ1v) is 12.3. The van der Waals surface area contributed by atoms with Gasteiger partial charge in [-0.1, -0.05) is 60.7 Å². The molecule has 0 amide bonds. The maximum atomic E-state index is 13.3. The molecular weight excluding hydrogens is 418 g/mol. The van der Waals surface area contributed by atoms with Crippen LogP contribution in [0, 0.1) is 13.8 Å². The molecule has 1 spiro atoms. The molecule has 32 heavy (non-hydrogen) atoms. The van der Waals surface area contributed by atoms with Crippen molar-refractivity contribution in [1.29, 1.82) is 0 Å². The summed E-state index contributed by atoms with van der Waals surface area (Å²) in [6.07, 6.45) is 6.59. The predicted molar refractivity (Wildman–Crippen MR) is 128 cm³/mol. The van der Waals surface area contributed by atoms with Crippen molar-refractivity contribution < 1.29 is 13.2 Å². The lowest BCUT2D eigenvalue weighted by molar-refractivity contribution is 0.104. The number of allylic oxidation sites excluding steroid dienone is 2. The topological polar surface area (TPSA) is 54.5 Å². The molecular formula is C27H23NO3S. The number of carbonyl (C=O) groups excluding carboxylic acids is 1. The van der Waals surface area contributed by atoms with Crippen molar-refractivity contribution in [2.24, 2.45) is 0 Å². The zero-order valence-corrected chi connectivity index (χ0v) is 19.0. The van der Waals surface area contributed by atoms with Gasteiger partial charge in [-0.3, -0.25) is 4.79 Å². The van der Waals surface area contributed by atoms with E-state index in [1.807, 2.05) is 92.7 Å². The van der Waals surface area contributed by atoms with E-state index in [-0.39, 0.29) is 5.78 Å². The van der Waals surface area contributed by atoms with E-state index in [4.69, 9.17) is 0 Å². The summed E-state index contributed by atoms with van der Waals surface area (Å²) in [5, 5.41) is 0. The Morgan fingerprint density at radius 1 is 0.844 bits per heavy atom. The van der Waals surface area contributed by atoms with Crippen LogP contribution in [0.1, 0.15) is 38.2 Å². The SMILES string of the molecule is Cc1cc(C)cc(N(C2=Cc3ccccc3[C@]23C=CC(=O)c2ccccc23)S(C)(=O)=O)c1. The molecule has 160 valence electrons. The minimum atomic E-state index is -3.70.